The highest BCUT2D eigenvalue weighted by molar-refractivity contribution is 7.07. The standard InChI is InChI=1S/C14H16N2OS/c1-2-4-14-11(3-1)7-13(8-17-14)15-6-5-12-9-18-10-16-12/h1-4,9-10,13,15H,5-8H2/t13-/m1/s1. The first-order valence-electron chi connectivity index (χ1n) is 6.23. The lowest BCUT2D eigenvalue weighted by Gasteiger charge is -2.26. The monoisotopic (exact) mass is 260 g/mol. The van der Waals surface area contributed by atoms with E-state index in [0.29, 0.717) is 6.04 Å². The van der Waals surface area contributed by atoms with Gasteiger partial charge in [0.25, 0.3) is 0 Å². The first-order chi connectivity index (χ1) is 8.92. The molecule has 2 heterocycles. The molecule has 0 unspecified atom stereocenters. The summed E-state index contributed by atoms with van der Waals surface area (Å²) < 4.78 is 5.75. The van der Waals surface area contributed by atoms with Crippen molar-refractivity contribution in [2.24, 2.45) is 0 Å². The van der Waals surface area contributed by atoms with Crippen LogP contribution in [0.1, 0.15) is 11.3 Å². The minimum atomic E-state index is 0.415. The molecule has 0 bridgehead atoms. The molecule has 0 saturated carbocycles. The van der Waals surface area contributed by atoms with E-state index in [9.17, 15) is 0 Å². The van der Waals surface area contributed by atoms with Crippen molar-refractivity contribution in [1.82, 2.24) is 10.3 Å². The fourth-order valence-corrected chi connectivity index (χ4v) is 2.82. The van der Waals surface area contributed by atoms with Crippen molar-refractivity contribution < 1.29 is 4.74 Å². The number of hydrogen-bond acceptors (Lipinski definition) is 4. The van der Waals surface area contributed by atoms with Crippen molar-refractivity contribution in [1.29, 1.82) is 0 Å². The van der Waals surface area contributed by atoms with E-state index in [2.05, 4.69) is 27.8 Å². The van der Waals surface area contributed by atoms with Crippen molar-refractivity contribution >= 4 is 11.3 Å². The fraction of sp³-hybridized carbons (Fsp3) is 0.357. The largest absolute Gasteiger partial charge is 0.492 e. The second-order valence-corrected chi connectivity index (χ2v) is 5.22. The molecule has 0 amide bonds. The van der Waals surface area contributed by atoms with Gasteiger partial charge in [-0.25, -0.2) is 4.98 Å². The molecule has 3 nitrogen and oxygen atoms in total. The number of rotatable bonds is 4. The maximum atomic E-state index is 5.75. The lowest BCUT2D eigenvalue weighted by molar-refractivity contribution is 0.239. The smallest absolute Gasteiger partial charge is 0.122 e. The molecule has 94 valence electrons. The summed E-state index contributed by atoms with van der Waals surface area (Å²) >= 11 is 1.65. The first kappa shape index (κ1) is 11.7. The van der Waals surface area contributed by atoms with Gasteiger partial charge in [0.2, 0.25) is 0 Å². The maximum Gasteiger partial charge on any atom is 0.122 e. The van der Waals surface area contributed by atoms with Gasteiger partial charge >= 0.3 is 0 Å². The Kier molecular flexibility index (Phi) is 3.57. The van der Waals surface area contributed by atoms with Crippen LogP contribution < -0.4 is 10.1 Å². The SMILES string of the molecule is c1ccc2c(c1)C[C@@H](NCCc1cscn1)CO2. The maximum absolute atomic E-state index is 5.75. The number of aromatic nitrogens is 1. The first-order valence-corrected chi connectivity index (χ1v) is 7.17. The van der Waals surface area contributed by atoms with Crippen LogP contribution in [0.25, 0.3) is 0 Å². The zero-order valence-corrected chi connectivity index (χ0v) is 11.0. The topological polar surface area (TPSA) is 34.2 Å². The third-order valence-corrected chi connectivity index (χ3v) is 3.81. The second kappa shape index (κ2) is 5.50. The van der Waals surface area contributed by atoms with Gasteiger partial charge in [-0.3, -0.25) is 0 Å². The Morgan fingerprint density at radius 2 is 2.33 bits per heavy atom. The molecule has 18 heavy (non-hydrogen) atoms. The highest BCUT2D eigenvalue weighted by Crippen LogP contribution is 2.23. The van der Waals surface area contributed by atoms with Crippen LogP contribution in [-0.2, 0) is 12.8 Å². The summed E-state index contributed by atoms with van der Waals surface area (Å²) in [7, 11) is 0. The molecule has 0 saturated heterocycles. The van der Waals surface area contributed by atoms with E-state index in [-0.39, 0.29) is 0 Å². The van der Waals surface area contributed by atoms with Crippen LogP contribution in [0, 0.1) is 0 Å². The molecule has 0 aliphatic carbocycles. The third kappa shape index (κ3) is 2.71. The van der Waals surface area contributed by atoms with Gasteiger partial charge in [-0.1, -0.05) is 18.2 Å². The van der Waals surface area contributed by atoms with Crippen LogP contribution >= 0.6 is 11.3 Å². The van der Waals surface area contributed by atoms with Gasteiger partial charge in [-0.05, 0) is 18.1 Å². The molecule has 1 aliphatic heterocycles. The molecule has 2 aromatic rings. The lowest BCUT2D eigenvalue weighted by Crippen LogP contribution is -2.40. The molecule has 3 rings (SSSR count). The number of nitrogens with one attached hydrogen (secondary N) is 1. The molecule has 1 aromatic carbocycles. The zero-order valence-electron chi connectivity index (χ0n) is 10.1. The van der Waals surface area contributed by atoms with E-state index in [4.69, 9.17) is 4.74 Å². The van der Waals surface area contributed by atoms with E-state index in [1.165, 1.54) is 11.3 Å². The quantitative estimate of drug-likeness (QED) is 0.915. The van der Waals surface area contributed by atoms with E-state index in [1.807, 2.05) is 17.6 Å². The summed E-state index contributed by atoms with van der Waals surface area (Å²) in [6, 6.07) is 8.69. The van der Waals surface area contributed by atoms with Gasteiger partial charge in [-0.15, -0.1) is 11.3 Å². The minimum Gasteiger partial charge on any atom is -0.492 e. The Morgan fingerprint density at radius 1 is 1.39 bits per heavy atom. The molecule has 1 aromatic heterocycles. The van der Waals surface area contributed by atoms with Gasteiger partial charge in [-0.2, -0.15) is 0 Å². The van der Waals surface area contributed by atoms with E-state index >= 15 is 0 Å². The molecular formula is C14H16N2OS. The predicted octanol–water partition coefficient (Wildman–Crippen LogP) is 2.28. The number of hydrogen-bond donors (Lipinski definition) is 1. The zero-order chi connectivity index (χ0) is 12.2. The highest BCUT2D eigenvalue weighted by atomic mass is 32.1. The lowest BCUT2D eigenvalue weighted by atomic mass is 10.0. The average Bonchev–Trinajstić information content (AvgIpc) is 2.92. The summed E-state index contributed by atoms with van der Waals surface area (Å²) in [6.45, 7) is 1.72. The summed E-state index contributed by atoms with van der Waals surface area (Å²) in [5.41, 5.74) is 4.36. The number of fused-ring (bicyclic) bond motifs is 1. The van der Waals surface area contributed by atoms with Crippen molar-refractivity contribution in [3.8, 4) is 5.75 Å². The predicted molar refractivity (Wildman–Crippen MR) is 73.2 cm³/mol. The Bertz CT molecular complexity index is 498. The van der Waals surface area contributed by atoms with Crippen LogP contribution in [0.3, 0.4) is 0 Å². The minimum absolute atomic E-state index is 0.415. The van der Waals surface area contributed by atoms with Crippen LogP contribution in [0.15, 0.2) is 35.2 Å². The van der Waals surface area contributed by atoms with Crippen molar-refractivity contribution in [3.05, 3.63) is 46.4 Å². The summed E-state index contributed by atoms with van der Waals surface area (Å²) in [5, 5.41) is 5.65. The Balaban J connectivity index is 1.51. The van der Waals surface area contributed by atoms with E-state index in [1.54, 1.807) is 11.3 Å². The normalized spacial score (nSPS) is 18.1. The van der Waals surface area contributed by atoms with Crippen LogP contribution in [0.2, 0.25) is 0 Å². The van der Waals surface area contributed by atoms with Crippen LogP contribution in [0.5, 0.6) is 5.75 Å². The average molecular weight is 260 g/mol. The third-order valence-electron chi connectivity index (χ3n) is 3.18. The Morgan fingerprint density at radius 3 is 3.22 bits per heavy atom. The number of nitrogens with zero attached hydrogens (tertiary/aromatic N) is 1. The molecule has 4 heteroatoms. The van der Waals surface area contributed by atoms with Crippen LogP contribution in [0.4, 0.5) is 0 Å². The van der Waals surface area contributed by atoms with Gasteiger partial charge in [0.15, 0.2) is 0 Å². The van der Waals surface area contributed by atoms with E-state index < -0.39 is 0 Å². The number of thiazole rings is 1. The summed E-state index contributed by atoms with van der Waals surface area (Å²) in [4.78, 5) is 4.28. The fourth-order valence-electron chi connectivity index (χ4n) is 2.22. The van der Waals surface area contributed by atoms with Gasteiger partial charge in [0.05, 0.1) is 11.2 Å². The molecule has 0 fully saturated rings. The number of para-hydroxylation sites is 1. The number of benzene rings is 1. The summed E-state index contributed by atoms with van der Waals surface area (Å²) in [6.07, 6.45) is 2.04. The molecule has 1 atom stereocenters. The molecule has 0 radical (unpaired) electrons. The van der Waals surface area contributed by atoms with Gasteiger partial charge in [0, 0.05) is 24.4 Å². The van der Waals surface area contributed by atoms with Gasteiger partial charge < -0.3 is 10.1 Å². The number of ether oxygens (including phenoxy) is 1. The molecule has 1 aliphatic rings. The Hall–Kier alpha value is -1.39. The van der Waals surface area contributed by atoms with Gasteiger partial charge in [0.1, 0.15) is 12.4 Å². The second-order valence-electron chi connectivity index (χ2n) is 4.50. The molecule has 0 spiro atoms. The van der Waals surface area contributed by atoms with Crippen molar-refractivity contribution in [2.45, 2.75) is 18.9 Å². The van der Waals surface area contributed by atoms with Crippen LogP contribution in [-0.4, -0.2) is 24.2 Å². The highest BCUT2D eigenvalue weighted by Gasteiger charge is 2.18. The molecule has 1 N–H and O–H groups in total. The van der Waals surface area contributed by atoms with Crippen molar-refractivity contribution in [3.63, 3.8) is 0 Å². The Labute approximate surface area is 111 Å². The van der Waals surface area contributed by atoms with Crippen molar-refractivity contribution in [2.75, 3.05) is 13.2 Å². The molecular weight excluding hydrogens is 244 g/mol. The van der Waals surface area contributed by atoms with E-state index in [0.717, 1.165) is 31.7 Å². The summed E-state index contributed by atoms with van der Waals surface area (Å²) in [5.74, 6) is 1.04.